The summed E-state index contributed by atoms with van der Waals surface area (Å²) < 4.78 is 16.1. The lowest BCUT2D eigenvalue weighted by Crippen LogP contribution is -2.38. The number of carbonyl (C=O) groups excluding carboxylic acids is 2. The van der Waals surface area contributed by atoms with Crippen molar-refractivity contribution in [2.45, 2.75) is 12.5 Å². The van der Waals surface area contributed by atoms with E-state index in [0.717, 1.165) is 19.6 Å². The maximum absolute atomic E-state index is 13.2. The first-order valence-corrected chi connectivity index (χ1v) is 11.7. The van der Waals surface area contributed by atoms with Crippen LogP contribution < -0.4 is 9.47 Å². The van der Waals surface area contributed by atoms with Gasteiger partial charge in [0.1, 0.15) is 5.76 Å². The minimum Gasteiger partial charge on any atom is -0.507 e. The van der Waals surface area contributed by atoms with E-state index >= 15 is 0 Å². The summed E-state index contributed by atoms with van der Waals surface area (Å²) in [4.78, 5) is 40.6. The van der Waals surface area contributed by atoms with Crippen LogP contribution in [-0.2, 0) is 14.3 Å². The quantitative estimate of drug-likeness (QED) is 0.202. The fourth-order valence-corrected chi connectivity index (χ4v) is 4.72. The SMILES string of the molecule is O=C1C(=O)N(CCCN2CCOCC2)[C@H](c2ccc([N+](=O)[O-])cc2)C1=C(O)c1ccc2c(c1)OCO2. The molecule has 2 fully saturated rings. The molecule has 188 valence electrons. The molecular weight excluding hydrogens is 470 g/mol. The molecule has 1 N–H and O–H groups in total. The van der Waals surface area contributed by atoms with Crippen LogP contribution >= 0.6 is 0 Å². The summed E-state index contributed by atoms with van der Waals surface area (Å²) >= 11 is 0. The monoisotopic (exact) mass is 495 g/mol. The van der Waals surface area contributed by atoms with Crippen molar-refractivity contribution < 1.29 is 33.8 Å². The highest BCUT2D eigenvalue weighted by molar-refractivity contribution is 6.46. The molecule has 0 unspecified atom stereocenters. The molecule has 3 aliphatic rings. The van der Waals surface area contributed by atoms with Crippen LogP contribution in [0.5, 0.6) is 11.5 Å². The van der Waals surface area contributed by atoms with Crippen molar-refractivity contribution in [1.82, 2.24) is 9.80 Å². The van der Waals surface area contributed by atoms with Crippen molar-refractivity contribution >= 4 is 23.1 Å². The number of nitro benzene ring substituents is 1. The van der Waals surface area contributed by atoms with Crippen LogP contribution in [0, 0.1) is 10.1 Å². The lowest BCUT2D eigenvalue weighted by atomic mass is 9.95. The molecule has 1 atom stereocenters. The summed E-state index contributed by atoms with van der Waals surface area (Å²) in [6.45, 7) is 3.97. The average molecular weight is 495 g/mol. The van der Waals surface area contributed by atoms with E-state index in [1.165, 1.54) is 29.2 Å². The van der Waals surface area contributed by atoms with Crippen LogP contribution in [0.1, 0.15) is 23.6 Å². The summed E-state index contributed by atoms with van der Waals surface area (Å²) in [7, 11) is 0. The first kappa shape index (κ1) is 23.8. The average Bonchev–Trinajstić information content (AvgIpc) is 3.47. The zero-order valence-corrected chi connectivity index (χ0v) is 19.4. The largest absolute Gasteiger partial charge is 0.507 e. The number of fused-ring (bicyclic) bond motifs is 1. The molecule has 2 saturated heterocycles. The van der Waals surface area contributed by atoms with E-state index in [9.17, 15) is 24.8 Å². The number of Topliss-reactive ketones (excluding diaryl/α,β-unsaturated/α-hetero) is 1. The lowest BCUT2D eigenvalue weighted by molar-refractivity contribution is -0.384. The van der Waals surface area contributed by atoms with E-state index < -0.39 is 22.7 Å². The molecule has 0 aromatic heterocycles. The molecule has 11 heteroatoms. The number of hydrogen-bond donors (Lipinski definition) is 1. The molecule has 0 radical (unpaired) electrons. The predicted octanol–water partition coefficient (Wildman–Crippen LogP) is 2.47. The summed E-state index contributed by atoms with van der Waals surface area (Å²) in [6.07, 6.45) is 0.612. The summed E-state index contributed by atoms with van der Waals surface area (Å²) in [5, 5.41) is 22.4. The van der Waals surface area contributed by atoms with E-state index in [0.29, 0.717) is 42.3 Å². The van der Waals surface area contributed by atoms with Crippen LogP contribution in [0.4, 0.5) is 5.69 Å². The maximum Gasteiger partial charge on any atom is 0.295 e. The van der Waals surface area contributed by atoms with Gasteiger partial charge in [-0.05, 0) is 42.3 Å². The number of nitro groups is 1. The highest BCUT2D eigenvalue weighted by Crippen LogP contribution is 2.41. The third kappa shape index (κ3) is 4.50. The molecule has 0 saturated carbocycles. The first-order chi connectivity index (χ1) is 17.4. The highest BCUT2D eigenvalue weighted by Gasteiger charge is 2.46. The first-order valence-electron chi connectivity index (χ1n) is 11.7. The maximum atomic E-state index is 13.2. The molecule has 0 spiro atoms. The number of carbonyl (C=O) groups is 2. The van der Waals surface area contributed by atoms with Crippen molar-refractivity contribution in [1.29, 1.82) is 0 Å². The van der Waals surface area contributed by atoms with Crippen molar-refractivity contribution in [3.63, 3.8) is 0 Å². The van der Waals surface area contributed by atoms with Crippen molar-refractivity contribution in [3.05, 3.63) is 69.3 Å². The Labute approximate surface area is 206 Å². The fraction of sp³-hybridized carbons (Fsp3) is 0.360. The molecule has 3 heterocycles. The zero-order chi connectivity index (χ0) is 25.2. The Kier molecular flexibility index (Phi) is 6.57. The van der Waals surface area contributed by atoms with Gasteiger partial charge in [0.25, 0.3) is 17.4 Å². The number of aliphatic hydroxyl groups is 1. The topological polar surface area (TPSA) is 132 Å². The summed E-state index contributed by atoms with van der Waals surface area (Å²) in [6, 6.07) is 9.54. The molecule has 3 aliphatic heterocycles. The van der Waals surface area contributed by atoms with E-state index in [1.54, 1.807) is 18.2 Å². The number of non-ortho nitro benzene ring substituents is 1. The van der Waals surface area contributed by atoms with Crippen molar-refractivity contribution in [3.8, 4) is 11.5 Å². The fourth-order valence-electron chi connectivity index (χ4n) is 4.72. The van der Waals surface area contributed by atoms with Gasteiger partial charge in [0.2, 0.25) is 6.79 Å². The molecule has 1 amide bonds. The number of morpholine rings is 1. The molecule has 2 aromatic rings. The number of nitrogens with zero attached hydrogens (tertiary/aromatic N) is 3. The van der Waals surface area contributed by atoms with Gasteiger partial charge in [-0.25, -0.2) is 0 Å². The third-order valence-electron chi connectivity index (χ3n) is 6.58. The normalized spacial score (nSPS) is 21.2. The van der Waals surface area contributed by atoms with Gasteiger partial charge >= 0.3 is 0 Å². The zero-order valence-electron chi connectivity index (χ0n) is 19.4. The Morgan fingerprint density at radius 2 is 1.75 bits per heavy atom. The van der Waals surface area contributed by atoms with Crippen LogP contribution in [0.2, 0.25) is 0 Å². The van der Waals surface area contributed by atoms with E-state index in [2.05, 4.69) is 4.90 Å². The Morgan fingerprint density at radius 1 is 1.03 bits per heavy atom. The van der Waals surface area contributed by atoms with Gasteiger partial charge in [0, 0.05) is 43.9 Å². The number of likely N-dealkylation sites (tertiary alicyclic amines) is 1. The molecular formula is C25H25N3O8. The van der Waals surface area contributed by atoms with E-state index in [-0.39, 0.29) is 30.4 Å². The van der Waals surface area contributed by atoms with Crippen molar-refractivity contribution in [2.24, 2.45) is 0 Å². The Balaban J connectivity index is 1.49. The standard InChI is InChI=1S/C25H25N3O8/c29-23(17-4-7-19-20(14-17)36-15-35-19)21-22(16-2-5-18(6-3-16)28(32)33)27(25(31)24(21)30)9-1-8-26-10-12-34-13-11-26/h2-7,14,22,29H,1,8-13,15H2/t22-/m1/s1. The molecule has 0 aliphatic carbocycles. The van der Waals surface area contributed by atoms with Gasteiger partial charge < -0.3 is 24.2 Å². The number of rotatable bonds is 7. The smallest absolute Gasteiger partial charge is 0.295 e. The predicted molar refractivity (Wildman–Crippen MR) is 127 cm³/mol. The Bertz CT molecular complexity index is 1220. The van der Waals surface area contributed by atoms with Gasteiger partial charge in [-0.2, -0.15) is 0 Å². The molecule has 2 aromatic carbocycles. The summed E-state index contributed by atoms with van der Waals surface area (Å²) in [5.74, 6) is -0.930. The van der Waals surface area contributed by atoms with Gasteiger partial charge in [0.05, 0.1) is 29.8 Å². The second-order valence-electron chi connectivity index (χ2n) is 8.72. The number of hydrogen-bond acceptors (Lipinski definition) is 9. The molecule has 36 heavy (non-hydrogen) atoms. The number of aliphatic hydroxyl groups excluding tert-OH is 1. The lowest BCUT2D eigenvalue weighted by Gasteiger charge is -2.29. The van der Waals surface area contributed by atoms with Gasteiger partial charge in [-0.15, -0.1) is 0 Å². The van der Waals surface area contributed by atoms with Crippen LogP contribution in [0.15, 0.2) is 48.0 Å². The number of ketones is 1. The second-order valence-corrected chi connectivity index (χ2v) is 8.72. The van der Waals surface area contributed by atoms with E-state index in [1.807, 2.05) is 0 Å². The van der Waals surface area contributed by atoms with Gasteiger partial charge in [0.15, 0.2) is 11.5 Å². The molecule has 5 rings (SSSR count). The molecule has 0 bridgehead atoms. The number of benzene rings is 2. The van der Waals surface area contributed by atoms with Gasteiger partial charge in [-0.1, -0.05) is 0 Å². The third-order valence-corrected chi connectivity index (χ3v) is 6.58. The van der Waals surface area contributed by atoms with Crippen LogP contribution in [0.25, 0.3) is 5.76 Å². The minimum atomic E-state index is -0.888. The minimum absolute atomic E-state index is 0.0515. The summed E-state index contributed by atoms with van der Waals surface area (Å²) in [5.41, 5.74) is 0.615. The highest BCUT2D eigenvalue weighted by atomic mass is 16.7. The Morgan fingerprint density at radius 3 is 2.47 bits per heavy atom. The second kappa shape index (κ2) is 9.96. The van der Waals surface area contributed by atoms with Gasteiger partial charge in [-0.3, -0.25) is 24.6 Å². The number of ether oxygens (including phenoxy) is 3. The number of amides is 1. The van der Waals surface area contributed by atoms with Crippen molar-refractivity contribution in [2.75, 3.05) is 46.2 Å². The van der Waals surface area contributed by atoms with E-state index in [4.69, 9.17) is 14.2 Å². The molecule has 11 nitrogen and oxygen atoms in total. The van der Waals surface area contributed by atoms with Crippen LogP contribution in [-0.4, -0.2) is 77.7 Å². The van der Waals surface area contributed by atoms with Crippen LogP contribution in [0.3, 0.4) is 0 Å². The Hall–Kier alpha value is -3.96.